The van der Waals surface area contributed by atoms with E-state index in [1.165, 1.54) is 0 Å². The molecule has 0 heterocycles. The summed E-state index contributed by atoms with van der Waals surface area (Å²) >= 11 is 0. The van der Waals surface area contributed by atoms with Crippen LogP contribution < -0.4 is 10.2 Å². The third-order valence-electron chi connectivity index (χ3n) is 2.62. The number of rotatable bonds is 5. The molecule has 4 heteroatoms. The van der Waals surface area contributed by atoms with E-state index in [-0.39, 0.29) is 0 Å². The van der Waals surface area contributed by atoms with E-state index in [4.69, 9.17) is 0 Å². The van der Waals surface area contributed by atoms with E-state index in [1.54, 1.807) is 31.2 Å². The Morgan fingerprint density at radius 1 is 1.19 bits per heavy atom. The zero-order valence-electron chi connectivity index (χ0n) is 8.88. The van der Waals surface area contributed by atoms with Gasteiger partial charge in [-0.25, -0.2) is 0 Å². The largest absolute Gasteiger partial charge is 0.550 e. The molecule has 0 unspecified atom stereocenters. The number of hydrogen-bond acceptors (Lipinski definition) is 4. The molecule has 86 valence electrons. The summed E-state index contributed by atoms with van der Waals surface area (Å²) in [6.07, 6.45) is -0.529. The van der Waals surface area contributed by atoms with Gasteiger partial charge in [0, 0.05) is 17.9 Å². The van der Waals surface area contributed by atoms with Gasteiger partial charge in [-0.05, 0) is 17.9 Å². The van der Waals surface area contributed by atoms with Gasteiger partial charge in [0.25, 0.3) is 0 Å². The molecule has 1 aromatic carbocycles. The molecule has 0 bridgehead atoms. The Hall–Kier alpha value is -1.84. The van der Waals surface area contributed by atoms with Crippen molar-refractivity contribution in [2.24, 2.45) is 5.92 Å². The minimum atomic E-state index is -1.38. The van der Waals surface area contributed by atoms with E-state index in [0.29, 0.717) is 0 Å². The first-order chi connectivity index (χ1) is 7.52. The van der Waals surface area contributed by atoms with Crippen molar-refractivity contribution in [2.45, 2.75) is 19.3 Å². The lowest BCUT2D eigenvalue weighted by Crippen LogP contribution is -2.38. The second kappa shape index (κ2) is 5.30. The number of carboxylic acids is 2. The molecule has 0 aliphatic carbocycles. The van der Waals surface area contributed by atoms with Gasteiger partial charge in [0.05, 0.1) is 0 Å². The van der Waals surface area contributed by atoms with Gasteiger partial charge < -0.3 is 19.8 Å². The second-order valence-electron chi connectivity index (χ2n) is 3.70. The summed E-state index contributed by atoms with van der Waals surface area (Å²) in [7, 11) is 0. The number of hydrogen-bond donors (Lipinski definition) is 0. The van der Waals surface area contributed by atoms with Crippen LogP contribution in [0.25, 0.3) is 0 Å². The minimum absolute atomic E-state index is 0.413. The van der Waals surface area contributed by atoms with Gasteiger partial charge in [0.15, 0.2) is 0 Å². The molecular formula is C12H12O4-2. The Labute approximate surface area is 93.5 Å². The molecule has 1 rings (SSSR count). The highest BCUT2D eigenvalue weighted by Gasteiger charge is 2.20. The highest BCUT2D eigenvalue weighted by Crippen LogP contribution is 2.25. The van der Waals surface area contributed by atoms with E-state index in [9.17, 15) is 19.8 Å². The van der Waals surface area contributed by atoms with Gasteiger partial charge in [-0.1, -0.05) is 37.3 Å². The summed E-state index contributed by atoms with van der Waals surface area (Å²) in [5, 5.41) is 21.3. The van der Waals surface area contributed by atoms with Crippen LogP contribution in [-0.4, -0.2) is 11.9 Å². The van der Waals surface area contributed by atoms with Crippen molar-refractivity contribution >= 4 is 11.9 Å². The highest BCUT2D eigenvalue weighted by atomic mass is 16.4. The van der Waals surface area contributed by atoms with Crippen LogP contribution in [0.5, 0.6) is 0 Å². The molecule has 2 atom stereocenters. The molecular weight excluding hydrogens is 208 g/mol. The fourth-order valence-corrected chi connectivity index (χ4v) is 1.63. The first-order valence-electron chi connectivity index (χ1n) is 4.98. The molecule has 4 nitrogen and oxygen atoms in total. The van der Waals surface area contributed by atoms with E-state index in [0.717, 1.165) is 5.56 Å². The molecule has 0 spiro atoms. The first kappa shape index (κ1) is 12.2. The maximum absolute atomic E-state index is 10.8. The first-order valence-corrected chi connectivity index (χ1v) is 4.98. The van der Waals surface area contributed by atoms with Gasteiger partial charge in [-0.2, -0.15) is 0 Å². The lowest BCUT2D eigenvalue weighted by Gasteiger charge is -2.25. The van der Waals surface area contributed by atoms with Crippen molar-refractivity contribution in [3.63, 3.8) is 0 Å². The SMILES string of the molecule is C[C@H](c1ccccc1)[C@@H](CC(=O)[O-])C(=O)[O-]. The zero-order chi connectivity index (χ0) is 12.1. The third kappa shape index (κ3) is 3.08. The van der Waals surface area contributed by atoms with Crippen LogP contribution in [-0.2, 0) is 9.59 Å². The van der Waals surface area contributed by atoms with Crippen molar-refractivity contribution in [3.8, 4) is 0 Å². The maximum atomic E-state index is 10.8. The molecule has 0 aromatic heterocycles. The monoisotopic (exact) mass is 220 g/mol. The van der Waals surface area contributed by atoms with Crippen molar-refractivity contribution < 1.29 is 19.8 Å². The van der Waals surface area contributed by atoms with E-state index < -0.39 is 30.2 Å². The van der Waals surface area contributed by atoms with Crippen LogP contribution in [0, 0.1) is 5.92 Å². The number of aliphatic carboxylic acids is 2. The Morgan fingerprint density at radius 2 is 1.75 bits per heavy atom. The topological polar surface area (TPSA) is 80.3 Å². The quantitative estimate of drug-likeness (QED) is 0.657. The molecule has 16 heavy (non-hydrogen) atoms. The van der Waals surface area contributed by atoms with Crippen LogP contribution in [0.2, 0.25) is 0 Å². The summed E-state index contributed by atoms with van der Waals surface area (Å²) in [6, 6.07) is 8.88. The predicted octanol–water partition coefficient (Wildman–Crippen LogP) is -0.704. The second-order valence-corrected chi connectivity index (χ2v) is 3.70. The molecule has 0 N–H and O–H groups in total. The van der Waals surface area contributed by atoms with Crippen molar-refractivity contribution in [2.75, 3.05) is 0 Å². The number of carbonyl (C=O) groups is 2. The van der Waals surface area contributed by atoms with Crippen LogP contribution in [0.1, 0.15) is 24.8 Å². The summed E-state index contributed by atoms with van der Waals surface area (Å²) < 4.78 is 0. The van der Waals surface area contributed by atoms with Gasteiger partial charge in [0.1, 0.15) is 0 Å². The standard InChI is InChI=1S/C12H14O4/c1-8(9-5-3-2-4-6-9)10(12(15)16)7-11(13)14/h2-6,8,10H,7H2,1H3,(H,13,14)(H,15,16)/p-2/t8-,10-/m1/s1. The summed E-state index contributed by atoms with van der Waals surface area (Å²) in [4.78, 5) is 21.3. The maximum Gasteiger partial charge on any atom is 0.0455 e. The lowest BCUT2D eigenvalue weighted by molar-refractivity contribution is -0.321. The smallest absolute Gasteiger partial charge is 0.0455 e. The van der Waals surface area contributed by atoms with Crippen LogP contribution in [0.4, 0.5) is 0 Å². The van der Waals surface area contributed by atoms with Crippen LogP contribution in [0.3, 0.4) is 0 Å². The lowest BCUT2D eigenvalue weighted by atomic mass is 9.85. The van der Waals surface area contributed by atoms with Crippen molar-refractivity contribution in [3.05, 3.63) is 35.9 Å². The fraction of sp³-hybridized carbons (Fsp3) is 0.333. The molecule has 0 saturated carbocycles. The molecule has 0 aliphatic heterocycles. The van der Waals surface area contributed by atoms with Crippen molar-refractivity contribution in [1.29, 1.82) is 0 Å². The highest BCUT2D eigenvalue weighted by molar-refractivity contribution is 5.76. The summed E-state index contributed by atoms with van der Waals surface area (Å²) in [5.41, 5.74) is 0.776. The minimum Gasteiger partial charge on any atom is -0.550 e. The van der Waals surface area contributed by atoms with Crippen molar-refractivity contribution in [1.82, 2.24) is 0 Å². The number of carboxylic acid groups (broad SMARTS) is 2. The Kier molecular flexibility index (Phi) is 4.05. The predicted molar refractivity (Wildman–Crippen MR) is 53.0 cm³/mol. The molecule has 0 radical (unpaired) electrons. The molecule has 0 amide bonds. The average Bonchev–Trinajstić information content (AvgIpc) is 2.25. The Bertz CT molecular complexity index is 372. The zero-order valence-corrected chi connectivity index (χ0v) is 8.88. The van der Waals surface area contributed by atoms with E-state index in [1.807, 2.05) is 6.07 Å². The number of benzene rings is 1. The Morgan fingerprint density at radius 3 is 2.19 bits per heavy atom. The molecule has 0 fully saturated rings. The molecule has 0 aliphatic rings. The van der Waals surface area contributed by atoms with Gasteiger partial charge in [-0.3, -0.25) is 0 Å². The van der Waals surface area contributed by atoms with Gasteiger partial charge in [-0.15, -0.1) is 0 Å². The van der Waals surface area contributed by atoms with E-state index in [2.05, 4.69) is 0 Å². The number of carbonyl (C=O) groups excluding carboxylic acids is 2. The third-order valence-corrected chi connectivity index (χ3v) is 2.62. The van der Waals surface area contributed by atoms with E-state index >= 15 is 0 Å². The van der Waals surface area contributed by atoms with Gasteiger partial charge in [0.2, 0.25) is 0 Å². The summed E-state index contributed by atoms with van der Waals surface area (Å²) in [5.74, 6) is -4.21. The van der Waals surface area contributed by atoms with Crippen LogP contribution in [0.15, 0.2) is 30.3 Å². The average molecular weight is 220 g/mol. The van der Waals surface area contributed by atoms with Crippen LogP contribution >= 0.6 is 0 Å². The summed E-state index contributed by atoms with van der Waals surface area (Å²) in [6.45, 7) is 1.67. The normalized spacial score (nSPS) is 14.1. The van der Waals surface area contributed by atoms with Gasteiger partial charge >= 0.3 is 0 Å². The Balaban J connectivity index is 2.87. The fourth-order valence-electron chi connectivity index (χ4n) is 1.63. The molecule has 1 aromatic rings. The molecule has 0 saturated heterocycles.